The first-order valence-corrected chi connectivity index (χ1v) is 32.7. The third-order valence-corrected chi connectivity index (χ3v) is 15.2. The molecule has 0 spiro atoms. The van der Waals surface area contributed by atoms with Crippen molar-refractivity contribution in [3.05, 3.63) is 36.5 Å². The summed E-state index contributed by atoms with van der Waals surface area (Å²) in [6.45, 7) is 4.94. The van der Waals surface area contributed by atoms with E-state index in [1.807, 2.05) is 0 Å². The highest BCUT2D eigenvalue weighted by Crippen LogP contribution is 2.18. The molecule has 0 saturated carbocycles. The van der Waals surface area contributed by atoms with Gasteiger partial charge in [0.15, 0.2) is 0 Å². The summed E-state index contributed by atoms with van der Waals surface area (Å²) in [5.74, 6) is -0.0478. The van der Waals surface area contributed by atoms with E-state index >= 15 is 0 Å². The Morgan fingerprint density at radius 1 is 0.384 bits per heavy atom. The van der Waals surface area contributed by atoms with Gasteiger partial charge < -0.3 is 20.3 Å². The maximum atomic E-state index is 12.5. The summed E-state index contributed by atoms with van der Waals surface area (Å²) in [6.07, 6.45) is 78.7. The van der Waals surface area contributed by atoms with Crippen LogP contribution >= 0.6 is 0 Å². The minimum atomic E-state index is -0.671. The second-order valence-corrected chi connectivity index (χ2v) is 22.4. The Morgan fingerprint density at radius 2 is 0.685 bits per heavy atom. The van der Waals surface area contributed by atoms with Gasteiger partial charge in [0.25, 0.3) is 0 Å². The maximum Gasteiger partial charge on any atom is 0.305 e. The van der Waals surface area contributed by atoms with E-state index in [0.29, 0.717) is 25.9 Å². The molecule has 6 nitrogen and oxygen atoms in total. The third kappa shape index (κ3) is 59.2. The van der Waals surface area contributed by atoms with Gasteiger partial charge in [-0.2, -0.15) is 0 Å². The lowest BCUT2D eigenvalue weighted by Gasteiger charge is -2.22. The highest BCUT2D eigenvalue weighted by Gasteiger charge is 2.20. The Labute approximate surface area is 455 Å². The molecule has 0 bridgehead atoms. The molecule has 0 rings (SSSR count). The van der Waals surface area contributed by atoms with E-state index in [4.69, 9.17) is 4.74 Å². The van der Waals surface area contributed by atoms with E-state index < -0.39 is 12.1 Å². The van der Waals surface area contributed by atoms with Crippen LogP contribution in [0.5, 0.6) is 0 Å². The lowest BCUT2D eigenvalue weighted by molar-refractivity contribution is -0.143. The van der Waals surface area contributed by atoms with E-state index in [2.05, 4.69) is 55.6 Å². The largest absolute Gasteiger partial charge is 0.466 e. The van der Waals surface area contributed by atoms with Gasteiger partial charge in [-0.05, 0) is 83.5 Å². The van der Waals surface area contributed by atoms with Crippen LogP contribution in [0.3, 0.4) is 0 Å². The van der Waals surface area contributed by atoms with Crippen LogP contribution in [0.1, 0.15) is 354 Å². The van der Waals surface area contributed by atoms with Crippen molar-refractivity contribution in [1.29, 1.82) is 0 Å². The number of carbonyl (C=O) groups is 2. The Hall–Kier alpha value is -1.92. The minimum absolute atomic E-state index is 0.00678. The molecule has 1 amide bonds. The number of allylic oxidation sites excluding steroid dienone is 6. The minimum Gasteiger partial charge on any atom is -0.466 e. The molecule has 2 atom stereocenters. The number of hydrogen-bond donors (Lipinski definition) is 3. The summed E-state index contributed by atoms with van der Waals surface area (Å²) in [6, 6.07) is -0.549. The van der Waals surface area contributed by atoms with Crippen LogP contribution in [-0.4, -0.2) is 47.4 Å². The predicted molar refractivity (Wildman–Crippen MR) is 319 cm³/mol. The number of rotatable bonds is 61. The summed E-state index contributed by atoms with van der Waals surface area (Å²) in [5.41, 5.74) is 0. The number of unbranched alkanes of at least 4 members (excludes halogenated alkanes) is 44. The van der Waals surface area contributed by atoms with Gasteiger partial charge in [0.05, 0.1) is 25.4 Å². The van der Waals surface area contributed by atoms with Crippen molar-refractivity contribution in [3.8, 4) is 0 Å². The first-order valence-electron chi connectivity index (χ1n) is 32.7. The molecular formula is C67H127NO5. The fraction of sp³-hybridized carbons (Fsp3) is 0.881. The van der Waals surface area contributed by atoms with E-state index in [1.54, 1.807) is 0 Å². The van der Waals surface area contributed by atoms with Gasteiger partial charge in [-0.25, -0.2) is 0 Å². The van der Waals surface area contributed by atoms with Gasteiger partial charge in [-0.15, -0.1) is 0 Å². The van der Waals surface area contributed by atoms with Crippen molar-refractivity contribution >= 4 is 11.9 Å². The van der Waals surface area contributed by atoms with Gasteiger partial charge >= 0.3 is 5.97 Å². The van der Waals surface area contributed by atoms with Crippen molar-refractivity contribution in [2.24, 2.45) is 0 Å². The fourth-order valence-corrected chi connectivity index (χ4v) is 10.1. The summed E-state index contributed by atoms with van der Waals surface area (Å²) in [4.78, 5) is 24.6. The number of ether oxygens (including phenoxy) is 1. The predicted octanol–water partition coefficient (Wildman–Crippen LogP) is 20.8. The van der Waals surface area contributed by atoms with Crippen LogP contribution in [0.2, 0.25) is 0 Å². The molecule has 73 heavy (non-hydrogen) atoms. The van der Waals surface area contributed by atoms with Crippen LogP contribution in [0.15, 0.2) is 36.5 Å². The molecule has 0 aliphatic rings. The van der Waals surface area contributed by atoms with Crippen molar-refractivity contribution in [2.75, 3.05) is 13.2 Å². The molecule has 0 saturated heterocycles. The zero-order valence-electron chi connectivity index (χ0n) is 49.1. The smallest absolute Gasteiger partial charge is 0.305 e. The summed E-state index contributed by atoms with van der Waals surface area (Å²) >= 11 is 0. The molecule has 0 aliphatic carbocycles. The Bertz CT molecular complexity index is 1180. The number of nitrogens with one attached hydrogen (secondary N) is 1. The van der Waals surface area contributed by atoms with Crippen LogP contribution in [0.4, 0.5) is 0 Å². The van der Waals surface area contributed by atoms with Gasteiger partial charge in [-0.1, -0.05) is 294 Å². The average Bonchev–Trinajstić information content (AvgIpc) is 3.39. The average molecular weight is 1030 g/mol. The second-order valence-electron chi connectivity index (χ2n) is 22.4. The van der Waals surface area contributed by atoms with Crippen LogP contribution < -0.4 is 5.32 Å². The lowest BCUT2D eigenvalue weighted by Crippen LogP contribution is -2.45. The van der Waals surface area contributed by atoms with Crippen LogP contribution in [-0.2, 0) is 14.3 Å². The number of hydrogen-bond acceptors (Lipinski definition) is 5. The molecule has 0 heterocycles. The molecule has 6 heteroatoms. The van der Waals surface area contributed by atoms with E-state index in [0.717, 1.165) is 51.4 Å². The Kier molecular flexibility index (Phi) is 61.0. The van der Waals surface area contributed by atoms with Gasteiger partial charge in [0, 0.05) is 12.8 Å². The quantitative estimate of drug-likeness (QED) is 0.0320. The molecule has 0 aromatic heterocycles. The monoisotopic (exact) mass is 1030 g/mol. The first-order chi connectivity index (χ1) is 36.0. The number of aliphatic hydroxyl groups is 2. The van der Waals surface area contributed by atoms with Gasteiger partial charge in [-0.3, -0.25) is 9.59 Å². The van der Waals surface area contributed by atoms with Crippen LogP contribution in [0, 0.1) is 0 Å². The molecular weight excluding hydrogens is 899 g/mol. The molecule has 0 fully saturated rings. The summed E-state index contributed by atoms with van der Waals surface area (Å²) in [5, 5.41) is 23.4. The molecule has 0 aromatic rings. The topological polar surface area (TPSA) is 95.9 Å². The summed E-state index contributed by atoms with van der Waals surface area (Å²) < 4.78 is 5.48. The molecule has 430 valence electrons. The van der Waals surface area contributed by atoms with Crippen LogP contribution in [0.25, 0.3) is 0 Å². The first kappa shape index (κ1) is 71.1. The second kappa shape index (κ2) is 62.6. The van der Waals surface area contributed by atoms with E-state index in [1.165, 1.54) is 270 Å². The lowest BCUT2D eigenvalue weighted by atomic mass is 10.0. The fourth-order valence-electron chi connectivity index (χ4n) is 10.1. The molecule has 2 unspecified atom stereocenters. The zero-order chi connectivity index (χ0) is 52.9. The van der Waals surface area contributed by atoms with Gasteiger partial charge in [0.1, 0.15) is 0 Å². The van der Waals surface area contributed by atoms with Crippen molar-refractivity contribution in [1.82, 2.24) is 5.32 Å². The molecule has 0 aromatic carbocycles. The molecule has 0 aliphatic heterocycles. The van der Waals surface area contributed by atoms with Crippen molar-refractivity contribution in [3.63, 3.8) is 0 Å². The third-order valence-electron chi connectivity index (χ3n) is 15.2. The van der Waals surface area contributed by atoms with E-state index in [9.17, 15) is 19.8 Å². The van der Waals surface area contributed by atoms with Gasteiger partial charge in [0.2, 0.25) is 5.91 Å². The molecule has 0 radical (unpaired) electrons. The van der Waals surface area contributed by atoms with Crippen molar-refractivity contribution < 1.29 is 24.5 Å². The standard InChI is InChI=1S/C67H127NO5/c1-3-5-7-9-11-13-15-17-19-21-22-25-28-31-35-39-43-47-51-55-59-65(70)64(63-69)68-66(71)60-56-52-48-44-40-36-32-29-26-23-24-27-30-34-38-42-46-50-54-58-62-73-67(72)61-57-53-49-45-41-37-33-20-18-16-14-12-10-8-6-4-2/h14,16,20,23,26,33,64-65,69-70H,3-13,15,17-19,21-22,24-25,27-32,34-63H2,1-2H3,(H,68,71)/b16-14-,26-23-,33-20-. The summed E-state index contributed by atoms with van der Waals surface area (Å²) in [7, 11) is 0. The number of aliphatic hydroxyl groups excluding tert-OH is 2. The number of esters is 1. The SMILES string of the molecule is CCCCCC/C=C\C/C=C\CCCCCCCC(=O)OCCCCCCCCCCC/C=C\CCCCCCCCCC(=O)NC(CO)C(O)CCCCCCCCCCCCCCCCCCCCCC. The Morgan fingerprint density at radius 3 is 1.07 bits per heavy atom. The molecule has 3 N–H and O–H groups in total. The highest BCUT2D eigenvalue weighted by atomic mass is 16.5. The maximum absolute atomic E-state index is 12.5. The zero-order valence-corrected chi connectivity index (χ0v) is 49.1. The normalized spacial score (nSPS) is 12.8. The number of carbonyl (C=O) groups excluding carboxylic acids is 2. The highest BCUT2D eigenvalue weighted by molar-refractivity contribution is 5.76. The Balaban J connectivity index is 3.44. The van der Waals surface area contributed by atoms with E-state index in [-0.39, 0.29) is 18.5 Å². The van der Waals surface area contributed by atoms with Crippen molar-refractivity contribution in [2.45, 2.75) is 366 Å². The number of amides is 1.